The molecule has 1 amide bonds. The Kier molecular flexibility index (Phi) is 5.52. The van der Waals surface area contributed by atoms with Crippen molar-refractivity contribution in [1.82, 2.24) is 5.43 Å². The molecule has 2 N–H and O–H groups in total. The van der Waals surface area contributed by atoms with Crippen LogP contribution in [0.1, 0.15) is 23.0 Å². The molecule has 0 bridgehead atoms. The molecule has 0 aliphatic heterocycles. The van der Waals surface area contributed by atoms with Crippen LogP contribution in [0.4, 0.5) is 0 Å². The molecule has 140 valence electrons. The van der Waals surface area contributed by atoms with E-state index in [1.807, 2.05) is 6.92 Å². The molecule has 0 atom stereocenters. The number of hydrogen-bond acceptors (Lipinski definition) is 6. The Morgan fingerprint density at radius 2 is 2.15 bits per heavy atom. The quantitative estimate of drug-likeness (QED) is 0.492. The second-order valence-corrected chi connectivity index (χ2v) is 5.90. The van der Waals surface area contributed by atoms with Gasteiger partial charge in [-0.25, -0.2) is 5.43 Å². The van der Waals surface area contributed by atoms with Crippen molar-refractivity contribution < 1.29 is 23.8 Å². The lowest BCUT2D eigenvalue weighted by molar-refractivity contribution is 0.0929. The molecule has 1 heterocycles. The molecule has 0 fully saturated rings. The summed E-state index contributed by atoms with van der Waals surface area (Å²) in [5.41, 5.74) is 3.49. The lowest BCUT2D eigenvalue weighted by Crippen LogP contribution is -2.16. The maximum Gasteiger partial charge on any atom is 0.307 e. The minimum absolute atomic E-state index is 0.115. The Bertz CT molecular complexity index is 1010. The number of hydrogen-bond donors (Lipinski definition) is 2. The SMILES string of the molecule is CCOc1ccc2oc(C(=O)N/N=C/c3cc(Cl)c(O)c(OC)c3)cc2c1. The summed E-state index contributed by atoms with van der Waals surface area (Å²) in [6.45, 7) is 2.45. The van der Waals surface area contributed by atoms with Crippen LogP contribution in [0, 0.1) is 0 Å². The zero-order valence-electron chi connectivity index (χ0n) is 14.7. The molecule has 1 aromatic heterocycles. The van der Waals surface area contributed by atoms with Crippen LogP contribution >= 0.6 is 11.6 Å². The van der Waals surface area contributed by atoms with E-state index in [0.29, 0.717) is 23.5 Å². The summed E-state index contributed by atoms with van der Waals surface area (Å²) < 4.78 is 16.0. The highest BCUT2D eigenvalue weighted by Gasteiger charge is 2.12. The number of aromatic hydroxyl groups is 1. The number of methoxy groups -OCH3 is 1. The van der Waals surface area contributed by atoms with Gasteiger partial charge in [-0.05, 0) is 48.9 Å². The summed E-state index contributed by atoms with van der Waals surface area (Å²) in [4.78, 5) is 12.2. The molecule has 27 heavy (non-hydrogen) atoms. The van der Waals surface area contributed by atoms with E-state index in [-0.39, 0.29) is 22.3 Å². The molecule has 0 unspecified atom stereocenters. The Morgan fingerprint density at radius 3 is 2.89 bits per heavy atom. The maximum absolute atomic E-state index is 12.2. The second kappa shape index (κ2) is 8.01. The van der Waals surface area contributed by atoms with Crippen molar-refractivity contribution in [3.63, 3.8) is 0 Å². The van der Waals surface area contributed by atoms with Crippen LogP contribution in [0.25, 0.3) is 11.0 Å². The molecular formula is C19H17ClN2O5. The van der Waals surface area contributed by atoms with Gasteiger partial charge in [0.2, 0.25) is 0 Å². The van der Waals surface area contributed by atoms with Crippen LogP contribution in [0.15, 0.2) is 45.9 Å². The van der Waals surface area contributed by atoms with Crippen molar-refractivity contribution >= 4 is 34.7 Å². The molecule has 7 nitrogen and oxygen atoms in total. The van der Waals surface area contributed by atoms with Crippen LogP contribution in [0.3, 0.4) is 0 Å². The third-order valence-electron chi connectivity index (χ3n) is 3.67. The molecule has 8 heteroatoms. The number of fused-ring (bicyclic) bond motifs is 1. The number of rotatable bonds is 6. The fourth-order valence-corrected chi connectivity index (χ4v) is 2.65. The highest BCUT2D eigenvalue weighted by molar-refractivity contribution is 6.32. The van der Waals surface area contributed by atoms with Crippen LogP contribution in [-0.4, -0.2) is 30.9 Å². The number of carbonyl (C=O) groups is 1. The summed E-state index contributed by atoms with van der Waals surface area (Å²) in [6.07, 6.45) is 1.38. The molecule has 3 rings (SSSR count). The first-order chi connectivity index (χ1) is 13.0. The molecule has 0 radical (unpaired) electrons. The number of ether oxygens (including phenoxy) is 2. The molecule has 2 aromatic carbocycles. The Labute approximate surface area is 160 Å². The monoisotopic (exact) mass is 388 g/mol. The van der Waals surface area contributed by atoms with E-state index in [2.05, 4.69) is 10.5 Å². The first-order valence-electron chi connectivity index (χ1n) is 8.08. The van der Waals surface area contributed by atoms with Gasteiger partial charge in [0.05, 0.1) is 25.0 Å². The summed E-state index contributed by atoms with van der Waals surface area (Å²) in [7, 11) is 1.41. The predicted octanol–water partition coefficient (Wildman–Crippen LogP) is 3.96. The van der Waals surface area contributed by atoms with Gasteiger partial charge in [-0.2, -0.15) is 5.10 Å². The second-order valence-electron chi connectivity index (χ2n) is 5.50. The Hall–Kier alpha value is -3.19. The van der Waals surface area contributed by atoms with Gasteiger partial charge >= 0.3 is 5.91 Å². The minimum atomic E-state index is -0.503. The van der Waals surface area contributed by atoms with E-state index in [4.69, 9.17) is 25.5 Å². The lowest BCUT2D eigenvalue weighted by atomic mass is 10.2. The zero-order valence-corrected chi connectivity index (χ0v) is 15.4. The smallest absolute Gasteiger partial charge is 0.307 e. The molecule has 0 saturated carbocycles. The maximum atomic E-state index is 12.2. The average molecular weight is 389 g/mol. The van der Waals surface area contributed by atoms with E-state index in [1.165, 1.54) is 25.5 Å². The summed E-state index contributed by atoms with van der Waals surface area (Å²) in [5.74, 6) is 0.370. The predicted molar refractivity (Wildman–Crippen MR) is 102 cm³/mol. The number of phenols is 1. The van der Waals surface area contributed by atoms with Gasteiger partial charge < -0.3 is 19.0 Å². The third kappa shape index (κ3) is 4.15. The summed E-state index contributed by atoms with van der Waals surface area (Å²) in [5, 5.41) is 14.5. The topological polar surface area (TPSA) is 93.3 Å². The van der Waals surface area contributed by atoms with Crippen molar-refractivity contribution in [2.24, 2.45) is 5.10 Å². The first-order valence-corrected chi connectivity index (χ1v) is 8.46. The fraction of sp³-hybridized carbons (Fsp3) is 0.158. The fourth-order valence-electron chi connectivity index (χ4n) is 2.43. The van der Waals surface area contributed by atoms with Gasteiger partial charge in [-0.1, -0.05) is 11.6 Å². The number of hydrazone groups is 1. The number of nitrogens with zero attached hydrogens (tertiary/aromatic N) is 1. The number of nitrogens with one attached hydrogen (secondary N) is 1. The average Bonchev–Trinajstić information content (AvgIpc) is 3.08. The van der Waals surface area contributed by atoms with Crippen LogP contribution < -0.4 is 14.9 Å². The number of halogens is 1. The number of carbonyl (C=O) groups excluding carboxylic acids is 1. The summed E-state index contributed by atoms with van der Waals surface area (Å²) >= 11 is 5.91. The molecule has 0 saturated heterocycles. The molecule has 0 aliphatic rings. The van der Waals surface area contributed by atoms with Crippen LogP contribution in [-0.2, 0) is 0 Å². The standard InChI is InChI=1S/C19H17ClN2O5/c1-3-26-13-4-5-15-12(8-13)9-17(27-15)19(24)22-21-10-11-6-14(20)18(23)16(7-11)25-2/h4-10,23H,3H2,1-2H3,(H,22,24)/b21-10+. The number of benzene rings is 2. The minimum Gasteiger partial charge on any atom is -0.503 e. The largest absolute Gasteiger partial charge is 0.503 e. The lowest BCUT2D eigenvalue weighted by Gasteiger charge is -2.05. The van der Waals surface area contributed by atoms with Crippen molar-refractivity contribution in [3.8, 4) is 17.2 Å². The Balaban J connectivity index is 1.73. The highest BCUT2D eigenvalue weighted by Crippen LogP contribution is 2.34. The van der Waals surface area contributed by atoms with E-state index < -0.39 is 5.91 Å². The van der Waals surface area contributed by atoms with Gasteiger partial charge in [-0.15, -0.1) is 0 Å². The van der Waals surface area contributed by atoms with Gasteiger partial charge in [-0.3, -0.25) is 4.79 Å². The van der Waals surface area contributed by atoms with Gasteiger partial charge in [0.25, 0.3) is 0 Å². The number of amides is 1. The molecular weight excluding hydrogens is 372 g/mol. The zero-order chi connectivity index (χ0) is 19.4. The molecule has 0 aliphatic carbocycles. The highest BCUT2D eigenvalue weighted by atomic mass is 35.5. The van der Waals surface area contributed by atoms with Crippen molar-refractivity contribution in [2.45, 2.75) is 6.92 Å². The van der Waals surface area contributed by atoms with Crippen molar-refractivity contribution in [1.29, 1.82) is 0 Å². The van der Waals surface area contributed by atoms with E-state index in [9.17, 15) is 9.90 Å². The molecule has 3 aromatic rings. The number of phenolic OH excluding ortho intramolecular Hbond substituents is 1. The normalized spacial score (nSPS) is 11.1. The van der Waals surface area contributed by atoms with E-state index >= 15 is 0 Å². The summed E-state index contributed by atoms with van der Waals surface area (Å²) in [6, 6.07) is 9.96. The third-order valence-corrected chi connectivity index (χ3v) is 3.96. The van der Waals surface area contributed by atoms with E-state index in [1.54, 1.807) is 24.3 Å². The first kappa shape index (κ1) is 18.6. The van der Waals surface area contributed by atoms with Crippen LogP contribution in [0.5, 0.6) is 17.2 Å². The molecule has 0 spiro atoms. The van der Waals surface area contributed by atoms with Gasteiger partial charge in [0, 0.05) is 5.39 Å². The Morgan fingerprint density at radius 1 is 1.33 bits per heavy atom. The van der Waals surface area contributed by atoms with Crippen molar-refractivity contribution in [2.75, 3.05) is 13.7 Å². The van der Waals surface area contributed by atoms with Gasteiger partial charge in [0.1, 0.15) is 11.3 Å². The number of furan rings is 1. The van der Waals surface area contributed by atoms with Crippen molar-refractivity contribution in [3.05, 3.63) is 52.7 Å². The van der Waals surface area contributed by atoms with Crippen LogP contribution in [0.2, 0.25) is 5.02 Å². The van der Waals surface area contributed by atoms with Gasteiger partial charge in [0.15, 0.2) is 17.3 Å². The van der Waals surface area contributed by atoms with E-state index in [0.717, 1.165) is 5.39 Å².